The van der Waals surface area contributed by atoms with Gasteiger partial charge in [-0.05, 0) is 31.2 Å². The van der Waals surface area contributed by atoms with Gasteiger partial charge in [0, 0.05) is 45.1 Å². The number of hydrogen-bond acceptors (Lipinski definition) is 2. The Kier molecular flexibility index (Phi) is 8.45. The van der Waals surface area contributed by atoms with Gasteiger partial charge < -0.3 is 15.5 Å². The molecule has 0 aromatic heterocycles. The second-order valence-electron chi connectivity index (χ2n) is 7.25. The van der Waals surface area contributed by atoms with Crippen LogP contribution < -0.4 is 10.6 Å². The first-order chi connectivity index (χ1) is 12.6. The lowest BCUT2D eigenvalue weighted by Crippen LogP contribution is -2.39. The summed E-state index contributed by atoms with van der Waals surface area (Å²) in [6, 6.07) is 10.6. The minimum atomic E-state index is 0.299. The van der Waals surface area contributed by atoms with Crippen molar-refractivity contribution in [1.82, 2.24) is 15.5 Å². The minimum absolute atomic E-state index is 0.299. The summed E-state index contributed by atoms with van der Waals surface area (Å²) in [7, 11) is 0. The number of guanidine groups is 1. The van der Waals surface area contributed by atoms with Crippen LogP contribution in [0, 0.1) is 5.92 Å². The zero-order chi connectivity index (χ0) is 18.8. The number of nitrogens with zero attached hydrogens (tertiary/aromatic N) is 2. The maximum atomic E-state index is 11.7. The smallest absolute Gasteiger partial charge is 0.222 e. The molecule has 5 heteroatoms. The molecule has 1 aliphatic heterocycles. The number of likely N-dealkylation sites (tertiary alicyclic amines) is 1. The van der Waals surface area contributed by atoms with Gasteiger partial charge in [-0.3, -0.25) is 9.79 Å². The van der Waals surface area contributed by atoms with Crippen LogP contribution in [-0.4, -0.2) is 49.5 Å². The lowest BCUT2D eigenvalue weighted by atomic mass is 9.88. The van der Waals surface area contributed by atoms with Gasteiger partial charge in [-0.25, -0.2) is 0 Å². The van der Waals surface area contributed by atoms with Crippen molar-refractivity contribution in [3.63, 3.8) is 0 Å². The van der Waals surface area contributed by atoms with Gasteiger partial charge in [-0.1, -0.05) is 44.2 Å². The molecule has 0 saturated carbocycles. The van der Waals surface area contributed by atoms with Gasteiger partial charge in [0.1, 0.15) is 0 Å². The standard InChI is InChI=1S/C21H34N4O/c1-4-22-21(23-13-9-15-25-14-8-12-20(25)26)24-16-19(17(2)3)18-10-6-5-7-11-18/h5-7,10-11,17,19H,4,8-9,12-16H2,1-3H3,(H2,22,23,24). The highest BCUT2D eigenvalue weighted by Gasteiger charge is 2.19. The predicted octanol–water partition coefficient (Wildman–Crippen LogP) is 2.99. The van der Waals surface area contributed by atoms with Crippen LogP contribution in [0.4, 0.5) is 0 Å². The van der Waals surface area contributed by atoms with Crippen molar-refractivity contribution in [1.29, 1.82) is 0 Å². The van der Waals surface area contributed by atoms with Crippen molar-refractivity contribution >= 4 is 11.9 Å². The molecule has 1 heterocycles. The first kappa shape index (κ1) is 20.3. The molecule has 1 amide bonds. The molecule has 144 valence electrons. The minimum Gasteiger partial charge on any atom is -0.357 e. The fourth-order valence-corrected chi connectivity index (χ4v) is 3.35. The average Bonchev–Trinajstić information content (AvgIpc) is 3.04. The Morgan fingerprint density at radius 1 is 1.23 bits per heavy atom. The lowest BCUT2D eigenvalue weighted by molar-refractivity contribution is -0.127. The van der Waals surface area contributed by atoms with Gasteiger partial charge in [-0.15, -0.1) is 0 Å². The van der Waals surface area contributed by atoms with Crippen LogP contribution in [-0.2, 0) is 4.79 Å². The third kappa shape index (κ3) is 6.36. The Bertz CT molecular complexity index is 571. The van der Waals surface area contributed by atoms with Crippen LogP contribution in [0.25, 0.3) is 0 Å². The van der Waals surface area contributed by atoms with Crippen LogP contribution >= 0.6 is 0 Å². The van der Waals surface area contributed by atoms with E-state index >= 15 is 0 Å². The lowest BCUT2D eigenvalue weighted by Gasteiger charge is -2.21. The molecule has 0 aliphatic carbocycles. The van der Waals surface area contributed by atoms with Crippen LogP contribution in [0.5, 0.6) is 0 Å². The summed E-state index contributed by atoms with van der Waals surface area (Å²) in [4.78, 5) is 18.4. The zero-order valence-electron chi connectivity index (χ0n) is 16.5. The summed E-state index contributed by atoms with van der Waals surface area (Å²) in [5.41, 5.74) is 1.34. The summed E-state index contributed by atoms with van der Waals surface area (Å²) in [5.74, 6) is 2.11. The number of hydrogen-bond donors (Lipinski definition) is 2. The number of benzene rings is 1. The topological polar surface area (TPSA) is 56.7 Å². The summed E-state index contributed by atoms with van der Waals surface area (Å²) in [6.07, 6.45) is 2.67. The van der Waals surface area contributed by atoms with E-state index in [0.717, 1.165) is 51.5 Å². The molecule has 1 atom stereocenters. The molecule has 1 saturated heterocycles. The highest BCUT2D eigenvalue weighted by atomic mass is 16.2. The molecule has 1 aromatic carbocycles. The molecule has 2 N–H and O–H groups in total. The van der Waals surface area contributed by atoms with E-state index in [4.69, 9.17) is 4.99 Å². The van der Waals surface area contributed by atoms with Crippen molar-refractivity contribution in [3.8, 4) is 0 Å². The summed E-state index contributed by atoms with van der Waals surface area (Å²) >= 11 is 0. The maximum Gasteiger partial charge on any atom is 0.222 e. The normalized spacial score (nSPS) is 16.2. The SMILES string of the molecule is CCNC(=NCC(c1ccccc1)C(C)C)NCCCN1CCCC1=O. The maximum absolute atomic E-state index is 11.7. The van der Waals surface area contributed by atoms with Crippen molar-refractivity contribution in [3.05, 3.63) is 35.9 Å². The van der Waals surface area contributed by atoms with E-state index < -0.39 is 0 Å². The van der Waals surface area contributed by atoms with Gasteiger partial charge in [-0.2, -0.15) is 0 Å². The Morgan fingerprint density at radius 2 is 2.00 bits per heavy atom. The Labute approximate surface area is 158 Å². The Hall–Kier alpha value is -2.04. The predicted molar refractivity (Wildman–Crippen MR) is 108 cm³/mol. The molecule has 1 fully saturated rings. The summed E-state index contributed by atoms with van der Waals surface area (Å²) in [5, 5.41) is 6.73. The van der Waals surface area contributed by atoms with Gasteiger partial charge in [0.05, 0.1) is 0 Å². The van der Waals surface area contributed by atoms with Crippen LogP contribution in [0.15, 0.2) is 35.3 Å². The fourth-order valence-electron chi connectivity index (χ4n) is 3.35. The molecule has 1 aromatic rings. The van der Waals surface area contributed by atoms with Crippen molar-refractivity contribution in [2.24, 2.45) is 10.9 Å². The zero-order valence-corrected chi connectivity index (χ0v) is 16.5. The van der Waals surface area contributed by atoms with E-state index in [-0.39, 0.29) is 0 Å². The van der Waals surface area contributed by atoms with E-state index in [2.05, 4.69) is 61.7 Å². The second kappa shape index (κ2) is 10.8. The van der Waals surface area contributed by atoms with E-state index in [9.17, 15) is 4.79 Å². The monoisotopic (exact) mass is 358 g/mol. The Balaban J connectivity index is 1.85. The second-order valence-corrected chi connectivity index (χ2v) is 7.25. The number of carbonyl (C=O) groups is 1. The average molecular weight is 359 g/mol. The molecule has 0 spiro atoms. The van der Waals surface area contributed by atoms with Crippen LogP contribution in [0.3, 0.4) is 0 Å². The number of rotatable bonds is 9. The van der Waals surface area contributed by atoms with Gasteiger partial charge >= 0.3 is 0 Å². The number of amides is 1. The fraction of sp³-hybridized carbons (Fsp3) is 0.619. The molecule has 1 unspecified atom stereocenters. The molecule has 26 heavy (non-hydrogen) atoms. The first-order valence-electron chi connectivity index (χ1n) is 9.96. The third-order valence-corrected chi connectivity index (χ3v) is 4.89. The van der Waals surface area contributed by atoms with Crippen LogP contribution in [0.1, 0.15) is 51.5 Å². The third-order valence-electron chi connectivity index (χ3n) is 4.89. The van der Waals surface area contributed by atoms with Gasteiger partial charge in [0.2, 0.25) is 5.91 Å². The van der Waals surface area contributed by atoms with Gasteiger partial charge in [0.25, 0.3) is 0 Å². The van der Waals surface area contributed by atoms with Crippen LogP contribution in [0.2, 0.25) is 0 Å². The van der Waals surface area contributed by atoms with Crippen molar-refractivity contribution in [2.45, 2.75) is 46.0 Å². The molecule has 0 bridgehead atoms. The van der Waals surface area contributed by atoms with Crippen molar-refractivity contribution in [2.75, 3.05) is 32.7 Å². The summed E-state index contributed by atoms with van der Waals surface area (Å²) in [6.45, 7) is 10.8. The molecule has 1 aliphatic rings. The van der Waals surface area contributed by atoms with E-state index in [1.165, 1.54) is 5.56 Å². The number of aliphatic imine (C=N–C) groups is 1. The van der Waals surface area contributed by atoms with Gasteiger partial charge in [0.15, 0.2) is 5.96 Å². The number of nitrogens with one attached hydrogen (secondary N) is 2. The molecule has 5 nitrogen and oxygen atoms in total. The molecular formula is C21H34N4O. The van der Waals surface area contributed by atoms with Crippen molar-refractivity contribution < 1.29 is 4.79 Å². The first-order valence-corrected chi connectivity index (χ1v) is 9.96. The molecular weight excluding hydrogens is 324 g/mol. The van der Waals surface area contributed by atoms with E-state index in [1.54, 1.807) is 0 Å². The summed E-state index contributed by atoms with van der Waals surface area (Å²) < 4.78 is 0. The largest absolute Gasteiger partial charge is 0.357 e. The number of carbonyl (C=O) groups excluding carboxylic acids is 1. The molecule has 0 radical (unpaired) electrons. The highest BCUT2D eigenvalue weighted by Crippen LogP contribution is 2.24. The Morgan fingerprint density at radius 3 is 2.62 bits per heavy atom. The van der Waals surface area contributed by atoms with E-state index in [0.29, 0.717) is 24.2 Å². The van der Waals surface area contributed by atoms with E-state index in [1.807, 2.05) is 4.90 Å². The highest BCUT2D eigenvalue weighted by molar-refractivity contribution is 5.80. The quantitative estimate of drug-likeness (QED) is 0.405. The molecule has 2 rings (SSSR count).